The van der Waals surface area contributed by atoms with Crippen molar-refractivity contribution in [2.45, 2.75) is 20.0 Å². The molecule has 5 rings (SSSR count). The third-order valence-corrected chi connectivity index (χ3v) is 7.10. The van der Waals surface area contributed by atoms with Gasteiger partial charge in [-0.05, 0) is 53.9 Å². The summed E-state index contributed by atoms with van der Waals surface area (Å²) in [5.41, 5.74) is 4.33. The van der Waals surface area contributed by atoms with Crippen molar-refractivity contribution < 1.29 is 9.18 Å². The Kier molecular flexibility index (Phi) is 6.73. The molecule has 0 atom stereocenters. The first-order valence-electron chi connectivity index (χ1n) is 11.4. The Morgan fingerprint density at radius 1 is 1.00 bits per heavy atom. The molecule has 0 spiro atoms. The SMILES string of the molecule is Cc1nn(CC(=O)N2CCN(Cc3ccc(Cl)c(Cl)c3)CC2)c2nccc(-c3ccc(F)cc3)c12. The van der Waals surface area contributed by atoms with Crippen molar-refractivity contribution in [3.05, 3.63) is 81.8 Å². The lowest BCUT2D eigenvalue weighted by Gasteiger charge is -2.34. The first-order chi connectivity index (χ1) is 16.9. The van der Waals surface area contributed by atoms with E-state index in [1.165, 1.54) is 12.1 Å². The topological polar surface area (TPSA) is 54.3 Å². The van der Waals surface area contributed by atoms with E-state index in [1.807, 2.05) is 36.1 Å². The molecule has 6 nitrogen and oxygen atoms in total. The lowest BCUT2D eigenvalue weighted by Crippen LogP contribution is -2.49. The Hall–Kier alpha value is -3.00. The van der Waals surface area contributed by atoms with E-state index in [-0.39, 0.29) is 18.3 Å². The highest BCUT2D eigenvalue weighted by Crippen LogP contribution is 2.30. The van der Waals surface area contributed by atoms with E-state index in [9.17, 15) is 9.18 Å². The molecule has 180 valence electrons. The summed E-state index contributed by atoms with van der Waals surface area (Å²) in [4.78, 5) is 21.8. The number of carbonyl (C=O) groups excluding carboxylic acids is 1. The van der Waals surface area contributed by atoms with Crippen LogP contribution in [0.4, 0.5) is 4.39 Å². The Labute approximate surface area is 212 Å². The zero-order valence-electron chi connectivity index (χ0n) is 19.2. The van der Waals surface area contributed by atoms with E-state index in [4.69, 9.17) is 23.2 Å². The molecule has 4 aromatic rings. The number of nitrogens with zero attached hydrogens (tertiary/aromatic N) is 5. The minimum absolute atomic E-state index is 0.0116. The van der Waals surface area contributed by atoms with Crippen LogP contribution in [0.1, 0.15) is 11.3 Å². The summed E-state index contributed by atoms with van der Waals surface area (Å²) in [6.07, 6.45) is 1.70. The summed E-state index contributed by atoms with van der Waals surface area (Å²) < 4.78 is 15.1. The van der Waals surface area contributed by atoms with Gasteiger partial charge in [-0.2, -0.15) is 5.10 Å². The minimum atomic E-state index is -0.283. The predicted octanol–water partition coefficient (Wildman–Crippen LogP) is 5.20. The summed E-state index contributed by atoms with van der Waals surface area (Å²) in [6.45, 7) is 5.63. The molecule has 1 aliphatic heterocycles. The van der Waals surface area contributed by atoms with Crippen LogP contribution in [0.3, 0.4) is 0 Å². The van der Waals surface area contributed by atoms with Gasteiger partial charge in [0.1, 0.15) is 12.4 Å². The average molecular weight is 512 g/mol. The molecule has 3 heterocycles. The van der Waals surface area contributed by atoms with Crippen molar-refractivity contribution in [2.24, 2.45) is 0 Å². The predicted molar refractivity (Wildman–Crippen MR) is 136 cm³/mol. The summed E-state index contributed by atoms with van der Waals surface area (Å²) in [7, 11) is 0. The third-order valence-electron chi connectivity index (χ3n) is 6.36. The van der Waals surface area contributed by atoms with Gasteiger partial charge in [-0.3, -0.25) is 9.69 Å². The average Bonchev–Trinajstić information content (AvgIpc) is 3.17. The van der Waals surface area contributed by atoms with E-state index in [0.717, 1.165) is 47.4 Å². The standard InChI is InChI=1S/C26H24Cl2FN5O/c1-17-25-21(19-3-5-20(29)6-4-19)8-9-30-26(25)34(31-17)16-24(35)33-12-10-32(11-13-33)15-18-2-7-22(27)23(28)14-18/h2-9,14H,10-13,15-16H2,1H3. The molecule has 0 aliphatic carbocycles. The summed E-state index contributed by atoms with van der Waals surface area (Å²) >= 11 is 12.1. The number of pyridine rings is 1. The zero-order valence-corrected chi connectivity index (χ0v) is 20.7. The van der Waals surface area contributed by atoms with Gasteiger partial charge in [-0.25, -0.2) is 14.1 Å². The first kappa shape index (κ1) is 23.7. The van der Waals surface area contributed by atoms with Gasteiger partial charge >= 0.3 is 0 Å². The molecule has 1 fully saturated rings. The van der Waals surface area contributed by atoms with Crippen molar-refractivity contribution >= 4 is 40.1 Å². The van der Waals surface area contributed by atoms with Crippen molar-refractivity contribution in [3.63, 3.8) is 0 Å². The number of amides is 1. The Bertz CT molecular complexity index is 1380. The fraction of sp³-hybridized carbons (Fsp3) is 0.269. The van der Waals surface area contributed by atoms with E-state index in [0.29, 0.717) is 28.8 Å². The number of piperazine rings is 1. The number of carbonyl (C=O) groups is 1. The zero-order chi connectivity index (χ0) is 24.5. The van der Waals surface area contributed by atoms with E-state index >= 15 is 0 Å². The maximum Gasteiger partial charge on any atom is 0.244 e. The highest BCUT2D eigenvalue weighted by Gasteiger charge is 2.23. The van der Waals surface area contributed by atoms with Gasteiger partial charge in [0.2, 0.25) is 5.91 Å². The van der Waals surface area contributed by atoms with Crippen molar-refractivity contribution in [1.29, 1.82) is 0 Å². The van der Waals surface area contributed by atoms with E-state index in [1.54, 1.807) is 23.0 Å². The molecule has 2 aromatic heterocycles. The molecule has 1 amide bonds. The van der Waals surface area contributed by atoms with Crippen LogP contribution in [0, 0.1) is 12.7 Å². The van der Waals surface area contributed by atoms with Crippen LogP contribution >= 0.6 is 23.2 Å². The quantitative estimate of drug-likeness (QED) is 0.369. The van der Waals surface area contributed by atoms with Gasteiger partial charge in [0.05, 0.1) is 15.7 Å². The number of rotatable bonds is 5. The Balaban J connectivity index is 1.27. The molecule has 9 heteroatoms. The van der Waals surface area contributed by atoms with Crippen LogP contribution in [0.25, 0.3) is 22.2 Å². The fourth-order valence-corrected chi connectivity index (χ4v) is 4.86. The molecule has 0 unspecified atom stereocenters. The second-order valence-electron chi connectivity index (χ2n) is 8.71. The highest BCUT2D eigenvalue weighted by atomic mass is 35.5. The molecule has 2 aromatic carbocycles. The molecular weight excluding hydrogens is 488 g/mol. The summed E-state index contributed by atoms with van der Waals surface area (Å²) in [6, 6.07) is 13.9. The normalized spacial score (nSPS) is 14.6. The first-order valence-corrected chi connectivity index (χ1v) is 12.2. The largest absolute Gasteiger partial charge is 0.339 e. The summed E-state index contributed by atoms with van der Waals surface area (Å²) in [5.74, 6) is -0.272. The van der Waals surface area contributed by atoms with Crippen LogP contribution in [0.15, 0.2) is 54.7 Å². The Morgan fingerprint density at radius 2 is 1.74 bits per heavy atom. The van der Waals surface area contributed by atoms with Gasteiger partial charge < -0.3 is 4.90 Å². The maximum absolute atomic E-state index is 13.4. The van der Waals surface area contributed by atoms with E-state index in [2.05, 4.69) is 15.0 Å². The number of benzene rings is 2. The van der Waals surface area contributed by atoms with Crippen LogP contribution in [-0.2, 0) is 17.9 Å². The molecule has 0 N–H and O–H groups in total. The number of hydrogen-bond donors (Lipinski definition) is 0. The third kappa shape index (κ3) is 5.03. The van der Waals surface area contributed by atoms with Crippen LogP contribution < -0.4 is 0 Å². The number of aromatic nitrogens is 3. The lowest BCUT2D eigenvalue weighted by atomic mass is 10.0. The highest BCUT2D eigenvalue weighted by molar-refractivity contribution is 6.42. The monoisotopic (exact) mass is 511 g/mol. The van der Waals surface area contributed by atoms with Gasteiger partial charge in [0.25, 0.3) is 0 Å². The molecule has 1 saturated heterocycles. The van der Waals surface area contributed by atoms with Gasteiger partial charge in [-0.1, -0.05) is 41.4 Å². The lowest BCUT2D eigenvalue weighted by molar-refractivity contribution is -0.133. The second kappa shape index (κ2) is 9.93. The molecule has 0 radical (unpaired) electrons. The Morgan fingerprint density at radius 3 is 2.46 bits per heavy atom. The van der Waals surface area contributed by atoms with Gasteiger partial charge in [-0.15, -0.1) is 0 Å². The molecule has 0 bridgehead atoms. The van der Waals surface area contributed by atoms with Gasteiger partial charge in [0.15, 0.2) is 5.65 Å². The number of halogens is 3. The van der Waals surface area contributed by atoms with Crippen molar-refractivity contribution in [2.75, 3.05) is 26.2 Å². The molecule has 1 aliphatic rings. The maximum atomic E-state index is 13.4. The van der Waals surface area contributed by atoms with Crippen LogP contribution in [-0.4, -0.2) is 56.7 Å². The number of aryl methyl sites for hydroxylation is 1. The number of fused-ring (bicyclic) bond motifs is 1. The molecule has 35 heavy (non-hydrogen) atoms. The molecule has 0 saturated carbocycles. The molecular formula is C26H24Cl2FN5O. The fourth-order valence-electron chi connectivity index (χ4n) is 4.54. The van der Waals surface area contributed by atoms with E-state index < -0.39 is 0 Å². The second-order valence-corrected chi connectivity index (χ2v) is 9.53. The van der Waals surface area contributed by atoms with Crippen molar-refractivity contribution in [3.8, 4) is 11.1 Å². The summed E-state index contributed by atoms with van der Waals surface area (Å²) in [5, 5.41) is 6.59. The number of hydrogen-bond acceptors (Lipinski definition) is 4. The smallest absolute Gasteiger partial charge is 0.244 e. The van der Waals surface area contributed by atoms with Crippen LogP contribution in [0.5, 0.6) is 0 Å². The minimum Gasteiger partial charge on any atom is -0.339 e. The van der Waals surface area contributed by atoms with Gasteiger partial charge in [0, 0.05) is 44.3 Å². The van der Waals surface area contributed by atoms with Crippen LogP contribution in [0.2, 0.25) is 10.0 Å². The van der Waals surface area contributed by atoms with Crippen molar-refractivity contribution in [1.82, 2.24) is 24.6 Å².